The van der Waals surface area contributed by atoms with E-state index in [1.807, 2.05) is 0 Å². The Morgan fingerprint density at radius 1 is 1.14 bits per heavy atom. The fourth-order valence-corrected chi connectivity index (χ4v) is 6.11. The van der Waals surface area contributed by atoms with Crippen LogP contribution in [0.2, 0.25) is 0 Å². The normalized spacial score (nSPS) is 19.3. The number of phenolic OH excluding ortho intramolecular Hbond substituents is 1. The first kappa shape index (κ1) is 26.2. The molecule has 6 rings (SSSR count). The van der Waals surface area contributed by atoms with E-state index in [-0.39, 0.29) is 28.8 Å². The number of phenols is 1. The van der Waals surface area contributed by atoms with Gasteiger partial charge in [0.25, 0.3) is 0 Å². The Hall–Kier alpha value is -3.46. The molecule has 0 spiro atoms. The molecular weight excluding hydrogens is 536 g/mol. The molecule has 1 atom stereocenters. The quantitative estimate of drug-likeness (QED) is 0.277. The molecule has 7 nitrogen and oxygen atoms in total. The largest absolute Gasteiger partial charge is 0.508 e. The third-order valence-electron chi connectivity index (χ3n) is 8.71. The first-order valence-electron chi connectivity index (χ1n) is 16.3. The average molecular weight is 580 g/mol. The van der Waals surface area contributed by atoms with Crippen LogP contribution in [0, 0.1) is 17.0 Å². The van der Waals surface area contributed by atoms with Crippen LogP contribution in [-0.4, -0.2) is 46.2 Å². The molecule has 3 heterocycles. The van der Waals surface area contributed by atoms with Gasteiger partial charge in [0.05, 0.1) is 32.2 Å². The molecule has 3 aliphatic rings. The molecule has 42 heavy (non-hydrogen) atoms. The van der Waals surface area contributed by atoms with E-state index in [9.17, 15) is 9.50 Å². The van der Waals surface area contributed by atoms with Crippen molar-refractivity contribution in [3.05, 3.63) is 52.2 Å². The summed E-state index contributed by atoms with van der Waals surface area (Å²) in [4.78, 5) is 11.8. The fraction of sp³-hybridized carbons (Fsp3) is 0.515. The van der Waals surface area contributed by atoms with Crippen LogP contribution in [0.4, 0.5) is 14.5 Å². The highest BCUT2D eigenvalue weighted by atomic mass is 19.2. The molecule has 1 aromatic heterocycles. The Balaban J connectivity index is 1.39. The lowest BCUT2D eigenvalue weighted by atomic mass is 9.97. The summed E-state index contributed by atoms with van der Waals surface area (Å²) < 4.78 is 53.4. The highest BCUT2D eigenvalue weighted by Gasteiger charge is 2.45. The maximum absolute atomic E-state index is 15.1. The molecule has 2 aliphatic heterocycles. The van der Waals surface area contributed by atoms with Gasteiger partial charge in [0, 0.05) is 34.8 Å². The van der Waals surface area contributed by atoms with E-state index in [1.165, 1.54) is 23.2 Å². The van der Waals surface area contributed by atoms with Gasteiger partial charge in [0.15, 0.2) is 11.6 Å². The monoisotopic (exact) mass is 579 g/mol. The predicted octanol–water partition coefficient (Wildman–Crippen LogP) is 5.44. The molecule has 1 aliphatic carbocycles. The minimum absolute atomic E-state index is 0.00682. The number of hydrogen-bond donors (Lipinski definition) is 2. The average Bonchev–Trinajstić information content (AvgIpc) is 3.62. The molecule has 2 N–H and O–H groups in total. The zero-order chi connectivity index (χ0) is 31.1. The van der Waals surface area contributed by atoms with Gasteiger partial charge in [-0.2, -0.15) is 9.97 Å². The number of unbranched alkanes of at least 4 members (excludes halogenated alkanes) is 3. The number of rotatable bonds is 12. The zero-order valence-electron chi connectivity index (χ0n) is 26.4. The number of aromatic nitrogens is 2. The second-order valence-corrected chi connectivity index (χ2v) is 12.1. The molecule has 9 heteroatoms. The first-order chi connectivity index (χ1) is 21.1. The Morgan fingerprint density at radius 3 is 2.71 bits per heavy atom. The van der Waals surface area contributed by atoms with E-state index in [2.05, 4.69) is 29.2 Å². The van der Waals surface area contributed by atoms with Gasteiger partial charge >= 0.3 is 6.01 Å². The lowest BCUT2D eigenvalue weighted by Gasteiger charge is -2.26. The maximum Gasteiger partial charge on any atom is 0.317 e. The van der Waals surface area contributed by atoms with Crippen molar-refractivity contribution >= 4 is 28.9 Å². The minimum Gasteiger partial charge on any atom is -0.508 e. The number of aromatic hydroxyl groups is 1. The van der Waals surface area contributed by atoms with Crippen LogP contribution in [0.25, 0.3) is 23.2 Å². The van der Waals surface area contributed by atoms with E-state index < -0.39 is 23.6 Å². The molecule has 0 amide bonds. The Labute approximate surface area is 248 Å². The van der Waals surface area contributed by atoms with Gasteiger partial charge in [-0.1, -0.05) is 45.6 Å². The molecule has 1 saturated carbocycles. The summed E-state index contributed by atoms with van der Waals surface area (Å²) in [6.07, 6.45) is 12.4. The SMILES string of the molecule is [2H]C([2H])(Oc1nc(C(C)CCCCCC)c2c(n1)=CN(c1cc(O)cc3ccc(F)c(F)c13)NC=2)C1(CN2CCCC2)CC1. The summed E-state index contributed by atoms with van der Waals surface area (Å²) in [6, 6.07) is 5.15. The van der Waals surface area contributed by atoms with Crippen molar-refractivity contribution in [1.29, 1.82) is 0 Å². The van der Waals surface area contributed by atoms with Gasteiger partial charge in [-0.15, -0.1) is 0 Å². The van der Waals surface area contributed by atoms with Crippen LogP contribution >= 0.6 is 0 Å². The number of nitrogens with one attached hydrogen (secondary N) is 1. The van der Waals surface area contributed by atoms with Crippen LogP contribution in [0.5, 0.6) is 11.8 Å². The Kier molecular flexibility index (Phi) is 7.50. The van der Waals surface area contributed by atoms with Gasteiger partial charge < -0.3 is 20.2 Å². The number of nitrogens with zero attached hydrogens (tertiary/aromatic N) is 4. The summed E-state index contributed by atoms with van der Waals surface area (Å²) in [6.45, 7) is 4.92. The molecule has 224 valence electrons. The van der Waals surface area contributed by atoms with Gasteiger partial charge in [-0.05, 0) is 68.6 Å². The number of fused-ring (bicyclic) bond motifs is 2. The van der Waals surface area contributed by atoms with Crippen molar-refractivity contribution in [2.45, 2.75) is 77.6 Å². The Bertz CT molecular complexity index is 1660. The lowest BCUT2D eigenvalue weighted by Crippen LogP contribution is -2.46. The first-order valence-corrected chi connectivity index (χ1v) is 15.3. The summed E-state index contributed by atoms with van der Waals surface area (Å²) in [7, 11) is 0. The second kappa shape index (κ2) is 12.0. The number of hydrogen-bond acceptors (Lipinski definition) is 7. The number of hydrazine groups is 1. The van der Waals surface area contributed by atoms with Crippen molar-refractivity contribution in [2.75, 3.05) is 31.2 Å². The molecule has 0 bridgehead atoms. The summed E-state index contributed by atoms with van der Waals surface area (Å²) in [5, 5.41) is 13.4. The van der Waals surface area contributed by atoms with E-state index in [0.717, 1.165) is 87.9 Å². The van der Waals surface area contributed by atoms with Gasteiger partial charge in [-0.25, -0.2) is 8.78 Å². The van der Waals surface area contributed by atoms with E-state index in [1.54, 1.807) is 12.4 Å². The van der Waals surface area contributed by atoms with Crippen LogP contribution in [0.1, 0.15) is 86.0 Å². The van der Waals surface area contributed by atoms with E-state index in [4.69, 9.17) is 12.5 Å². The standard InChI is InChI=1S/C33H41F2N5O2/c1-3-4-5-6-9-22(2)31-25-18-36-40(28-17-24(41)16-23-10-11-26(34)30(35)29(23)28)19-27(25)37-32(38-31)42-21-33(12-13-33)20-39-14-7-8-15-39/h10-11,16-19,22,36,41H,3-9,12-15,20-21H2,1-2H3/i21D2. The lowest BCUT2D eigenvalue weighted by molar-refractivity contribution is 0.169. The molecular formula is C33H41F2N5O2. The Morgan fingerprint density at radius 2 is 1.95 bits per heavy atom. The molecule has 1 unspecified atom stereocenters. The van der Waals surface area contributed by atoms with Crippen molar-refractivity contribution in [3.63, 3.8) is 0 Å². The highest BCUT2D eigenvalue weighted by molar-refractivity contribution is 5.97. The van der Waals surface area contributed by atoms with Gasteiger partial charge in [-0.3, -0.25) is 5.01 Å². The third-order valence-corrected chi connectivity index (χ3v) is 8.71. The zero-order valence-corrected chi connectivity index (χ0v) is 24.4. The van der Waals surface area contributed by atoms with Crippen LogP contribution in [0.15, 0.2) is 24.3 Å². The molecule has 0 radical (unpaired) electrons. The minimum atomic E-state index is -1.97. The summed E-state index contributed by atoms with van der Waals surface area (Å²) in [5.74, 6) is -2.07. The van der Waals surface area contributed by atoms with Gasteiger partial charge in [0.1, 0.15) is 5.75 Å². The number of benzene rings is 2. The number of likely N-dealkylation sites (tertiary alicyclic amines) is 1. The van der Waals surface area contributed by atoms with E-state index >= 15 is 4.39 Å². The number of anilines is 1. The molecule has 3 aromatic rings. The van der Waals surface area contributed by atoms with Crippen molar-refractivity contribution < 1.29 is 21.4 Å². The maximum atomic E-state index is 15.1. The summed E-state index contributed by atoms with van der Waals surface area (Å²) >= 11 is 0. The topological polar surface area (TPSA) is 73.8 Å². The van der Waals surface area contributed by atoms with Crippen LogP contribution in [0.3, 0.4) is 0 Å². The van der Waals surface area contributed by atoms with Crippen molar-refractivity contribution in [1.82, 2.24) is 20.3 Å². The summed E-state index contributed by atoms with van der Waals surface area (Å²) in [5.41, 5.74) is 3.46. The molecule has 1 saturated heterocycles. The number of halogens is 2. The van der Waals surface area contributed by atoms with Crippen molar-refractivity contribution in [3.8, 4) is 11.8 Å². The van der Waals surface area contributed by atoms with E-state index in [0.29, 0.717) is 17.3 Å². The molecule has 2 aromatic carbocycles. The predicted molar refractivity (Wildman–Crippen MR) is 161 cm³/mol. The van der Waals surface area contributed by atoms with Crippen molar-refractivity contribution in [2.24, 2.45) is 5.41 Å². The smallest absolute Gasteiger partial charge is 0.317 e. The third kappa shape index (κ3) is 6.02. The van der Waals surface area contributed by atoms with Gasteiger partial charge in [0.2, 0.25) is 0 Å². The highest BCUT2D eigenvalue weighted by Crippen LogP contribution is 2.46. The van der Waals surface area contributed by atoms with Crippen LogP contribution < -0.4 is 25.7 Å². The number of ether oxygens (including phenoxy) is 1. The molecule has 2 fully saturated rings. The van der Waals surface area contributed by atoms with Crippen LogP contribution in [-0.2, 0) is 0 Å². The fourth-order valence-electron chi connectivity index (χ4n) is 6.11. The second-order valence-electron chi connectivity index (χ2n) is 12.1.